The molecular weight excluding hydrogens is 355 g/mol. The van der Waals surface area contributed by atoms with Crippen LogP contribution in [0.1, 0.15) is 12.0 Å². The zero-order valence-corrected chi connectivity index (χ0v) is 11.0. The van der Waals surface area contributed by atoms with Gasteiger partial charge in [0.15, 0.2) is 0 Å². The maximum atomic E-state index is 12.3. The Morgan fingerprint density at radius 1 is 1.38 bits per heavy atom. The molecule has 1 unspecified atom stereocenters. The number of benzene rings is 1. The second-order valence-electron chi connectivity index (χ2n) is 3.05. The SMILES string of the molecule is FC(F)(F)c1cccc(OCCC(Cl)I)c1. The number of hydrogen-bond donors (Lipinski definition) is 0. The quantitative estimate of drug-likeness (QED) is 0.566. The zero-order chi connectivity index (χ0) is 12.2. The van der Waals surface area contributed by atoms with Crippen LogP contribution in [0.5, 0.6) is 5.75 Å². The lowest BCUT2D eigenvalue weighted by atomic mass is 10.2. The first-order valence-corrected chi connectivity index (χ1v) is 6.16. The molecule has 16 heavy (non-hydrogen) atoms. The van der Waals surface area contributed by atoms with Crippen LogP contribution >= 0.6 is 34.2 Å². The van der Waals surface area contributed by atoms with Crippen LogP contribution in [0.4, 0.5) is 13.2 Å². The predicted molar refractivity (Wildman–Crippen MR) is 65.2 cm³/mol. The molecule has 0 amide bonds. The monoisotopic (exact) mass is 364 g/mol. The topological polar surface area (TPSA) is 9.23 Å². The third-order valence-electron chi connectivity index (χ3n) is 1.77. The summed E-state index contributed by atoms with van der Waals surface area (Å²) < 4.78 is 42.1. The summed E-state index contributed by atoms with van der Waals surface area (Å²) in [6.45, 7) is 0.304. The maximum Gasteiger partial charge on any atom is 0.416 e. The Balaban J connectivity index is 2.61. The van der Waals surface area contributed by atoms with Crippen LogP contribution in [0, 0.1) is 0 Å². The molecule has 0 saturated carbocycles. The Labute approximate surface area is 110 Å². The first-order valence-electron chi connectivity index (χ1n) is 4.48. The molecule has 0 N–H and O–H groups in total. The van der Waals surface area contributed by atoms with Crippen LogP contribution in [0.3, 0.4) is 0 Å². The second kappa shape index (κ2) is 5.95. The lowest BCUT2D eigenvalue weighted by Gasteiger charge is -2.10. The van der Waals surface area contributed by atoms with Crippen molar-refractivity contribution in [2.24, 2.45) is 0 Å². The molecule has 1 aromatic carbocycles. The summed E-state index contributed by atoms with van der Waals surface area (Å²) in [6.07, 6.45) is -3.75. The standard InChI is InChI=1S/C10H9ClF3IO/c11-9(15)4-5-16-8-3-1-2-7(6-8)10(12,13)14/h1-3,6,9H,4-5H2. The molecule has 1 aromatic rings. The van der Waals surface area contributed by atoms with Crippen molar-refractivity contribution in [3.05, 3.63) is 29.8 Å². The third-order valence-corrected chi connectivity index (χ3v) is 2.61. The van der Waals surface area contributed by atoms with Crippen molar-refractivity contribution < 1.29 is 17.9 Å². The van der Waals surface area contributed by atoms with Crippen LogP contribution in [-0.4, -0.2) is 9.99 Å². The van der Waals surface area contributed by atoms with Gasteiger partial charge in [0.05, 0.1) is 15.6 Å². The van der Waals surface area contributed by atoms with E-state index in [4.69, 9.17) is 16.3 Å². The van der Waals surface area contributed by atoms with Crippen LogP contribution in [0.15, 0.2) is 24.3 Å². The summed E-state index contributed by atoms with van der Waals surface area (Å²) in [5.41, 5.74) is -0.707. The van der Waals surface area contributed by atoms with Crippen LogP contribution in [0.25, 0.3) is 0 Å². The summed E-state index contributed by atoms with van der Waals surface area (Å²) in [5.74, 6) is 0.212. The average molecular weight is 365 g/mol. The van der Waals surface area contributed by atoms with Gasteiger partial charge in [-0.3, -0.25) is 0 Å². The lowest BCUT2D eigenvalue weighted by molar-refractivity contribution is -0.137. The van der Waals surface area contributed by atoms with Gasteiger partial charge >= 0.3 is 6.18 Å². The van der Waals surface area contributed by atoms with Crippen LogP contribution < -0.4 is 4.74 Å². The summed E-state index contributed by atoms with van der Waals surface area (Å²) in [4.78, 5) is 0. The van der Waals surface area contributed by atoms with Gasteiger partial charge in [0.1, 0.15) is 5.75 Å². The molecule has 0 bridgehead atoms. The fraction of sp³-hybridized carbons (Fsp3) is 0.400. The van der Waals surface area contributed by atoms with Crippen molar-refractivity contribution in [2.75, 3.05) is 6.61 Å². The van der Waals surface area contributed by atoms with Crippen molar-refractivity contribution in [3.8, 4) is 5.75 Å². The number of alkyl halides is 5. The van der Waals surface area contributed by atoms with E-state index in [1.807, 2.05) is 22.6 Å². The molecule has 1 rings (SSSR count). The normalized spacial score (nSPS) is 13.6. The number of rotatable bonds is 4. The Hall–Kier alpha value is -0.170. The van der Waals surface area contributed by atoms with Gasteiger partial charge in [-0.05, 0) is 18.2 Å². The fourth-order valence-corrected chi connectivity index (χ4v) is 1.37. The molecular formula is C10H9ClF3IO. The highest BCUT2D eigenvalue weighted by molar-refractivity contribution is 14.1. The average Bonchev–Trinajstić information content (AvgIpc) is 2.16. The fourth-order valence-electron chi connectivity index (χ4n) is 1.03. The minimum absolute atomic E-state index is 0.0802. The highest BCUT2D eigenvalue weighted by Crippen LogP contribution is 2.31. The van der Waals surface area contributed by atoms with Gasteiger partial charge in [0.2, 0.25) is 0 Å². The Kier molecular flexibility index (Phi) is 5.17. The van der Waals surface area contributed by atoms with Gasteiger partial charge in [-0.25, -0.2) is 0 Å². The summed E-state index contributed by atoms with van der Waals surface area (Å²) in [7, 11) is 0. The molecule has 90 valence electrons. The molecule has 0 aliphatic heterocycles. The Bertz CT molecular complexity index is 341. The molecule has 0 fully saturated rings. The molecule has 0 aromatic heterocycles. The van der Waals surface area contributed by atoms with Crippen molar-refractivity contribution in [1.82, 2.24) is 0 Å². The zero-order valence-electron chi connectivity index (χ0n) is 8.10. The van der Waals surface area contributed by atoms with Gasteiger partial charge in [0, 0.05) is 6.42 Å². The molecule has 0 heterocycles. The van der Waals surface area contributed by atoms with E-state index in [-0.39, 0.29) is 9.13 Å². The van der Waals surface area contributed by atoms with E-state index >= 15 is 0 Å². The van der Waals surface area contributed by atoms with Crippen LogP contribution in [0.2, 0.25) is 0 Å². The van der Waals surface area contributed by atoms with Crippen molar-refractivity contribution in [3.63, 3.8) is 0 Å². The molecule has 1 atom stereocenters. The van der Waals surface area contributed by atoms with Gasteiger partial charge in [-0.15, -0.1) is 11.6 Å². The number of hydrogen-bond acceptors (Lipinski definition) is 1. The van der Waals surface area contributed by atoms with E-state index in [1.165, 1.54) is 12.1 Å². The molecule has 6 heteroatoms. The van der Waals surface area contributed by atoms with Crippen molar-refractivity contribution >= 4 is 34.2 Å². The molecule has 0 radical (unpaired) electrons. The number of ether oxygens (including phenoxy) is 1. The largest absolute Gasteiger partial charge is 0.493 e. The van der Waals surface area contributed by atoms with E-state index < -0.39 is 11.7 Å². The third kappa shape index (κ3) is 4.78. The van der Waals surface area contributed by atoms with Gasteiger partial charge in [-0.1, -0.05) is 28.7 Å². The molecule has 0 spiro atoms. The van der Waals surface area contributed by atoms with Gasteiger partial charge in [-0.2, -0.15) is 13.2 Å². The van der Waals surface area contributed by atoms with Crippen molar-refractivity contribution in [1.29, 1.82) is 0 Å². The van der Waals surface area contributed by atoms with E-state index in [0.29, 0.717) is 13.0 Å². The smallest absolute Gasteiger partial charge is 0.416 e. The molecule has 0 saturated heterocycles. The van der Waals surface area contributed by atoms with Gasteiger partial charge in [0.25, 0.3) is 0 Å². The van der Waals surface area contributed by atoms with Gasteiger partial charge < -0.3 is 4.74 Å². The minimum Gasteiger partial charge on any atom is -0.493 e. The summed E-state index contributed by atoms with van der Waals surface area (Å²) >= 11 is 7.68. The minimum atomic E-state index is -4.34. The Morgan fingerprint density at radius 2 is 2.06 bits per heavy atom. The first-order chi connectivity index (χ1) is 7.39. The number of halogens is 5. The lowest BCUT2D eigenvalue weighted by Crippen LogP contribution is -2.06. The second-order valence-corrected chi connectivity index (χ2v) is 5.82. The molecule has 1 nitrogen and oxygen atoms in total. The first kappa shape index (κ1) is 13.9. The highest BCUT2D eigenvalue weighted by Gasteiger charge is 2.30. The van der Waals surface area contributed by atoms with E-state index in [1.54, 1.807) is 0 Å². The van der Waals surface area contributed by atoms with E-state index in [9.17, 15) is 13.2 Å². The highest BCUT2D eigenvalue weighted by atomic mass is 127. The molecule has 0 aliphatic rings. The summed E-state index contributed by atoms with van der Waals surface area (Å²) in [6, 6.07) is 4.80. The van der Waals surface area contributed by atoms with Crippen molar-refractivity contribution in [2.45, 2.75) is 16.0 Å². The Morgan fingerprint density at radius 3 is 2.62 bits per heavy atom. The summed E-state index contributed by atoms with van der Waals surface area (Å²) in [5, 5.41) is 0. The molecule has 0 aliphatic carbocycles. The van der Waals surface area contributed by atoms with E-state index in [0.717, 1.165) is 12.1 Å². The predicted octanol–water partition coefficient (Wildman–Crippen LogP) is 4.47. The maximum absolute atomic E-state index is 12.3. The van der Waals surface area contributed by atoms with Crippen LogP contribution in [-0.2, 0) is 6.18 Å². The van der Waals surface area contributed by atoms with E-state index in [2.05, 4.69) is 0 Å².